The van der Waals surface area contributed by atoms with Gasteiger partial charge < -0.3 is 4.52 Å². The predicted octanol–water partition coefficient (Wildman–Crippen LogP) is 3.37. The second-order valence-corrected chi connectivity index (χ2v) is 6.28. The van der Waals surface area contributed by atoms with E-state index in [0.717, 1.165) is 22.3 Å². The van der Waals surface area contributed by atoms with Gasteiger partial charge in [0.2, 0.25) is 5.16 Å². The molecule has 0 amide bonds. The molecule has 0 aliphatic rings. The molecule has 0 aliphatic heterocycles. The number of benzene rings is 1. The van der Waals surface area contributed by atoms with E-state index in [1.165, 1.54) is 17.3 Å². The minimum atomic E-state index is 0.507. The van der Waals surface area contributed by atoms with Crippen LogP contribution in [0.4, 0.5) is 0 Å². The van der Waals surface area contributed by atoms with E-state index in [1.807, 2.05) is 25.1 Å². The summed E-state index contributed by atoms with van der Waals surface area (Å²) in [6, 6.07) is 10.2. The van der Waals surface area contributed by atoms with Crippen LogP contribution in [0.3, 0.4) is 0 Å². The number of rotatable bonds is 5. The van der Waals surface area contributed by atoms with Gasteiger partial charge >= 0.3 is 0 Å². The van der Waals surface area contributed by atoms with Gasteiger partial charge in [-0.2, -0.15) is 4.68 Å². The Morgan fingerprint density at radius 1 is 1.23 bits per heavy atom. The van der Waals surface area contributed by atoms with Crippen LogP contribution in [0.1, 0.15) is 36.8 Å². The Kier molecular flexibility index (Phi) is 4.24. The van der Waals surface area contributed by atoms with Crippen LogP contribution < -0.4 is 0 Å². The maximum Gasteiger partial charge on any atom is 0.214 e. The van der Waals surface area contributed by atoms with Crippen LogP contribution in [0.25, 0.3) is 5.69 Å². The molecule has 7 heteroatoms. The van der Waals surface area contributed by atoms with Crippen LogP contribution in [0.5, 0.6) is 0 Å². The summed E-state index contributed by atoms with van der Waals surface area (Å²) in [7, 11) is 0. The van der Waals surface area contributed by atoms with E-state index < -0.39 is 0 Å². The molecule has 3 aromatic rings. The van der Waals surface area contributed by atoms with E-state index in [-0.39, 0.29) is 0 Å². The van der Waals surface area contributed by atoms with Crippen LogP contribution in [-0.2, 0) is 5.75 Å². The number of aromatic nitrogens is 5. The standard InChI is InChI=1S/C15H17N5OS/c1-10(2)12-4-6-14(7-5-12)20-15(16-18-19-20)22-9-13-8-11(3)21-17-13/h4-8,10H,9H2,1-3H3. The first-order valence-electron chi connectivity index (χ1n) is 7.07. The third-order valence-electron chi connectivity index (χ3n) is 3.27. The lowest BCUT2D eigenvalue weighted by atomic mass is 10.0. The van der Waals surface area contributed by atoms with Crippen LogP contribution in [0.15, 0.2) is 40.0 Å². The molecule has 0 saturated carbocycles. The lowest BCUT2D eigenvalue weighted by Crippen LogP contribution is -2.00. The zero-order valence-corrected chi connectivity index (χ0v) is 13.5. The maximum absolute atomic E-state index is 5.06. The molecule has 0 unspecified atom stereocenters. The van der Waals surface area contributed by atoms with Crippen molar-refractivity contribution < 1.29 is 4.52 Å². The molecule has 2 aromatic heterocycles. The lowest BCUT2D eigenvalue weighted by molar-refractivity contribution is 0.393. The SMILES string of the molecule is Cc1cc(CSc2nnnn2-c2ccc(C(C)C)cc2)no1. The highest BCUT2D eigenvalue weighted by Crippen LogP contribution is 2.23. The highest BCUT2D eigenvalue weighted by atomic mass is 32.2. The number of aryl methyl sites for hydroxylation is 1. The first kappa shape index (κ1) is 14.8. The summed E-state index contributed by atoms with van der Waals surface area (Å²) < 4.78 is 6.80. The average Bonchev–Trinajstić information content (AvgIpc) is 3.14. The van der Waals surface area contributed by atoms with E-state index in [0.29, 0.717) is 11.7 Å². The Morgan fingerprint density at radius 3 is 2.64 bits per heavy atom. The van der Waals surface area contributed by atoms with Crippen molar-refractivity contribution in [2.45, 2.75) is 37.6 Å². The molecule has 0 atom stereocenters. The molecule has 3 rings (SSSR count). The Labute approximate surface area is 132 Å². The number of nitrogens with zero attached hydrogens (tertiary/aromatic N) is 5. The van der Waals surface area contributed by atoms with E-state index in [9.17, 15) is 0 Å². The Morgan fingerprint density at radius 2 is 2.00 bits per heavy atom. The second-order valence-electron chi connectivity index (χ2n) is 5.34. The largest absolute Gasteiger partial charge is 0.361 e. The van der Waals surface area contributed by atoms with E-state index >= 15 is 0 Å². The number of tetrazole rings is 1. The van der Waals surface area contributed by atoms with Gasteiger partial charge in [0.25, 0.3) is 0 Å². The molecule has 1 aromatic carbocycles. The van der Waals surface area contributed by atoms with Crippen molar-refractivity contribution in [2.24, 2.45) is 0 Å². The van der Waals surface area contributed by atoms with Crippen molar-refractivity contribution in [2.75, 3.05) is 0 Å². The van der Waals surface area contributed by atoms with Gasteiger partial charge in [-0.25, -0.2) is 0 Å². The Balaban J connectivity index is 1.76. The lowest BCUT2D eigenvalue weighted by Gasteiger charge is -2.07. The number of hydrogen-bond donors (Lipinski definition) is 0. The first-order chi connectivity index (χ1) is 10.6. The van der Waals surface area contributed by atoms with Crippen molar-refractivity contribution in [1.29, 1.82) is 0 Å². The van der Waals surface area contributed by atoms with Crippen molar-refractivity contribution in [3.05, 3.63) is 47.3 Å². The molecule has 0 spiro atoms. The quantitative estimate of drug-likeness (QED) is 0.672. The summed E-state index contributed by atoms with van der Waals surface area (Å²) in [6.07, 6.45) is 0. The van der Waals surface area contributed by atoms with Crippen LogP contribution in [0, 0.1) is 6.92 Å². The molecule has 0 N–H and O–H groups in total. The number of thioether (sulfide) groups is 1. The third kappa shape index (κ3) is 3.19. The molecule has 0 radical (unpaired) electrons. The fraction of sp³-hybridized carbons (Fsp3) is 0.333. The van der Waals surface area contributed by atoms with Crippen molar-refractivity contribution >= 4 is 11.8 Å². The van der Waals surface area contributed by atoms with Crippen LogP contribution in [0.2, 0.25) is 0 Å². The zero-order valence-electron chi connectivity index (χ0n) is 12.7. The van der Waals surface area contributed by atoms with Crippen LogP contribution >= 0.6 is 11.8 Å². The van der Waals surface area contributed by atoms with E-state index in [4.69, 9.17) is 4.52 Å². The number of hydrogen-bond acceptors (Lipinski definition) is 6. The minimum absolute atomic E-state index is 0.507. The molecule has 22 heavy (non-hydrogen) atoms. The summed E-state index contributed by atoms with van der Waals surface area (Å²) in [4.78, 5) is 0. The molecule has 114 valence electrons. The van der Waals surface area contributed by atoms with Crippen molar-refractivity contribution in [1.82, 2.24) is 25.4 Å². The molecular weight excluding hydrogens is 298 g/mol. The van der Waals surface area contributed by atoms with Gasteiger partial charge in [0.1, 0.15) is 5.76 Å². The average molecular weight is 315 g/mol. The summed E-state index contributed by atoms with van der Waals surface area (Å²) in [5, 5.41) is 16.6. The molecule has 0 bridgehead atoms. The monoisotopic (exact) mass is 315 g/mol. The summed E-state index contributed by atoms with van der Waals surface area (Å²) in [5.74, 6) is 1.98. The van der Waals surface area contributed by atoms with Crippen LogP contribution in [-0.4, -0.2) is 25.4 Å². The van der Waals surface area contributed by atoms with Gasteiger partial charge in [-0.3, -0.25) is 0 Å². The molecular formula is C15H17N5OS. The normalized spacial score (nSPS) is 11.3. The highest BCUT2D eigenvalue weighted by molar-refractivity contribution is 7.98. The van der Waals surface area contributed by atoms with E-state index in [1.54, 1.807) is 4.68 Å². The molecule has 6 nitrogen and oxygen atoms in total. The first-order valence-corrected chi connectivity index (χ1v) is 8.06. The fourth-order valence-corrected chi connectivity index (χ4v) is 2.83. The predicted molar refractivity (Wildman–Crippen MR) is 84.0 cm³/mol. The van der Waals surface area contributed by atoms with Gasteiger partial charge in [-0.15, -0.1) is 5.10 Å². The fourth-order valence-electron chi connectivity index (χ4n) is 2.06. The zero-order chi connectivity index (χ0) is 15.5. The summed E-state index contributed by atoms with van der Waals surface area (Å²) in [6.45, 7) is 6.22. The van der Waals surface area contributed by atoms with Gasteiger partial charge in [-0.1, -0.05) is 42.9 Å². The second kappa shape index (κ2) is 6.31. The molecule has 2 heterocycles. The van der Waals surface area contributed by atoms with Gasteiger partial charge in [0, 0.05) is 11.8 Å². The molecule has 0 fully saturated rings. The van der Waals surface area contributed by atoms with Gasteiger partial charge in [-0.05, 0) is 41.0 Å². The molecule has 0 saturated heterocycles. The molecule has 0 aliphatic carbocycles. The maximum atomic E-state index is 5.06. The smallest absolute Gasteiger partial charge is 0.214 e. The Hall–Kier alpha value is -2.15. The van der Waals surface area contributed by atoms with Gasteiger partial charge in [0.05, 0.1) is 11.4 Å². The van der Waals surface area contributed by atoms with Crippen molar-refractivity contribution in [3.8, 4) is 5.69 Å². The summed E-state index contributed by atoms with van der Waals surface area (Å²) >= 11 is 1.53. The minimum Gasteiger partial charge on any atom is -0.361 e. The third-order valence-corrected chi connectivity index (χ3v) is 4.22. The Bertz CT molecular complexity index is 747. The van der Waals surface area contributed by atoms with E-state index in [2.05, 4.69) is 46.7 Å². The van der Waals surface area contributed by atoms with Gasteiger partial charge in [0.15, 0.2) is 0 Å². The van der Waals surface area contributed by atoms with Crippen molar-refractivity contribution in [3.63, 3.8) is 0 Å². The topological polar surface area (TPSA) is 69.6 Å². The summed E-state index contributed by atoms with van der Waals surface area (Å²) in [5.41, 5.74) is 3.13. The highest BCUT2D eigenvalue weighted by Gasteiger charge is 2.11.